The summed E-state index contributed by atoms with van der Waals surface area (Å²) in [6.07, 6.45) is 14.8. The van der Waals surface area contributed by atoms with E-state index in [1.165, 1.54) is 8.61 Å². The SMILES string of the molecule is C/C=C/c1ccc2n(c1=O)C[C@H]1[C@H](CO)[C@@H](C(=O)NC3CCC3)N(S(C)(=O)=O)[C@@H]21.C/C=C\c1ccc2n(c1=O)C[C@H]1[C@H](CO)[C@@H](C(=O)NC3CCC3)N(S(C)(=O)=O)[C@@H]21. The molecular formula is C40H54N6O10S2. The molecule has 18 heteroatoms. The molecule has 4 aliphatic heterocycles. The Bertz CT molecular complexity index is 2190. The van der Waals surface area contributed by atoms with Crippen molar-refractivity contribution in [2.45, 2.75) is 102 Å². The van der Waals surface area contributed by atoms with E-state index in [0.717, 1.165) is 51.0 Å². The molecule has 0 radical (unpaired) electrons. The minimum Gasteiger partial charge on any atom is -0.396 e. The van der Waals surface area contributed by atoms with Crippen LogP contribution in [-0.2, 0) is 42.7 Å². The molecule has 2 aromatic rings. The molecule has 6 heterocycles. The van der Waals surface area contributed by atoms with Crippen LogP contribution >= 0.6 is 0 Å². The third-order valence-electron chi connectivity index (χ3n) is 13.0. The molecule has 0 unspecified atom stereocenters. The van der Waals surface area contributed by atoms with Crippen LogP contribution in [-0.4, -0.2) is 107 Å². The molecule has 0 bridgehead atoms. The van der Waals surface area contributed by atoms with Gasteiger partial charge in [-0.1, -0.05) is 24.3 Å². The number of aliphatic hydroxyl groups is 2. The molecule has 2 aliphatic carbocycles. The number of nitrogens with zero attached hydrogens (tertiary/aromatic N) is 4. The maximum atomic E-state index is 13.0. The molecule has 6 aliphatic rings. The topological polar surface area (TPSA) is 217 Å². The zero-order valence-corrected chi connectivity index (χ0v) is 34.9. The number of pyridine rings is 2. The van der Waals surface area contributed by atoms with Crippen LogP contribution in [0.1, 0.15) is 87.0 Å². The Hall–Kier alpha value is -3.94. The molecule has 2 saturated heterocycles. The Morgan fingerprint density at radius 1 is 0.672 bits per heavy atom. The number of fused-ring (bicyclic) bond motifs is 6. The molecule has 2 aromatic heterocycles. The predicted octanol–water partition coefficient (Wildman–Crippen LogP) is 0.947. The maximum Gasteiger partial charge on any atom is 0.258 e. The Morgan fingerprint density at radius 3 is 1.31 bits per heavy atom. The number of aromatic nitrogens is 2. The number of amides is 2. The second-order valence-electron chi connectivity index (χ2n) is 16.5. The highest BCUT2D eigenvalue weighted by Gasteiger charge is 2.60. The number of hydrogen-bond donors (Lipinski definition) is 4. The van der Waals surface area contributed by atoms with E-state index in [2.05, 4.69) is 10.6 Å². The Morgan fingerprint density at radius 2 is 1.03 bits per heavy atom. The summed E-state index contributed by atoms with van der Waals surface area (Å²) in [6.45, 7) is 3.58. The fraction of sp³-hybridized carbons (Fsp3) is 0.600. The van der Waals surface area contributed by atoms with E-state index in [9.17, 15) is 46.2 Å². The van der Waals surface area contributed by atoms with Crippen LogP contribution < -0.4 is 21.8 Å². The quantitative estimate of drug-likeness (QED) is 0.266. The standard InChI is InChI=1S/2C20H27N3O5S/c2*1-3-5-12-8-9-16-17-14(10-22(16)20(12)26)15(11-24)18(23(17)29(2,27)28)19(25)21-13-6-4-7-13/h2*3,5,8-9,13-15,17-18,24H,4,6-7,10-11H2,1-2H3,(H,21,25)/b5-3+;5-3-/t2*14-,15-,17+,18-/m00/s1. The van der Waals surface area contributed by atoms with Crippen LogP contribution in [0.5, 0.6) is 0 Å². The monoisotopic (exact) mass is 842 g/mol. The number of rotatable bonds is 10. The van der Waals surface area contributed by atoms with Crippen LogP contribution in [0.15, 0.2) is 46.0 Å². The van der Waals surface area contributed by atoms with Gasteiger partial charge in [-0.15, -0.1) is 0 Å². The maximum absolute atomic E-state index is 13.0. The second kappa shape index (κ2) is 16.3. The van der Waals surface area contributed by atoms with E-state index in [4.69, 9.17) is 0 Å². The van der Waals surface area contributed by atoms with Crippen molar-refractivity contribution in [3.05, 3.63) is 79.6 Å². The summed E-state index contributed by atoms with van der Waals surface area (Å²) in [5.41, 5.74) is 1.85. The van der Waals surface area contributed by atoms with Gasteiger partial charge >= 0.3 is 0 Å². The summed E-state index contributed by atoms with van der Waals surface area (Å²) in [6, 6.07) is 3.84. The lowest BCUT2D eigenvalue weighted by Crippen LogP contribution is -2.53. The molecule has 0 aromatic carbocycles. The predicted molar refractivity (Wildman–Crippen MR) is 217 cm³/mol. The van der Waals surface area contributed by atoms with Crippen molar-refractivity contribution in [1.82, 2.24) is 28.4 Å². The minimum atomic E-state index is -3.76. The van der Waals surface area contributed by atoms with E-state index in [1.54, 1.807) is 57.7 Å². The first kappa shape index (κ1) is 42.2. The average Bonchev–Trinajstić information content (AvgIpc) is 3.86. The summed E-state index contributed by atoms with van der Waals surface area (Å²) in [4.78, 5) is 51.7. The highest BCUT2D eigenvalue weighted by molar-refractivity contribution is 7.88. The van der Waals surface area contributed by atoms with Crippen LogP contribution in [0, 0.1) is 23.7 Å². The summed E-state index contributed by atoms with van der Waals surface area (Å²) < 4.78 is 56.6. The summed E-state index contributed by atoms with van der Waals surface area (Å²) in [5.74, 6) is -2.51. The largest absolute Gasteiger partial charge is 0.396 e. The van der Waals surface area contributed by atoms with Crippen molar-refractivity contribution in [2.24, 2.45) is 23.7 Å². The molecule has 2 amide bonds. The van der Waals surface area contributed by atoms with Crippen molar-refractivity contribution in [2.75, 3.05) is 25.7 Å². The van der Waals surface area contributed by atoms with Gasteiger partial charge in [-0.3, -0.25) is 19.2 Å². The lowest BCUT2D eigenvalue weighted by atomic mass is 9.87. The number of allylic oxidation sites excluding steroid dienone is 2. The van der Waals surface area contributed by atoms with Gasteiger partial charge in [0.1, 0.15) is 12.1 Å². The van der Waals surface area contributed by atoms with Gasteiger partial charge in [0.2, 0.25) is 31.9 Å². The number of carbonyl (C=O) groups is 2. The molecule has 16 nitrogen and oxygen atoms in total. The molecular weight excluding hydrogens is 789 g/mol. The first-order chi connectivity index (χ1) is 27.5. The van der Waals surface area contributed by atoms with E-state index >= 15 is 0 Å². The number of nitrogens with one attached hydrogen (secondary N) is 2. The molecule has 0 spiro atoms. The van der Waals surface area contributed by atoms with Gasteiger partial charge < -0.3 is 30.0 Å². The van der Waals surface area contributed by atoms with E-state index in [1.807, 2.05) is 13.8 Å². The van der Waals surface area contributed by atoms with Crippen LogP contribution in [0.4, 0.5) is 0 Å². The van der Waals surface area contributed by atoms with Crippen molar-refractivity contribution in [1.29, 1.82) is 0 Å². The van der Waals surface area contributed by atoms with Crippen LogP contribution in [0.3, 0.4) is 0 Å². The van der Waals surface area contributed by atoms with Crippen LogP contribution in [0.25, 0.3) is 12.2 Å². The Balaban J connectivity index is 0.000000177. The lowest BCUT2D eigenvalue weighted by Gasteiger charge is -2.32. The molecule has 2 saturated carbocycles. The van der Waals surface area contributed by atoms with Crippen molar-refractivity contribution >= 4 is 44.0 Å². The van der Waals surface area contributed by atoms with Gasteiger partial charge in [0, 0.05) is 84.6 Å². The van der Waals surface area contributed by atoms with Crippen LogP contribution in [0.2, 0.25) is 0 Å². The van der Waals surface area contributed by atoms with Gasteiger partial charge in [-0.25, -0.2) is 16.8 Å². The molecule has 4 N–H and O–H groups in total. The first-order valence-electron chi connectivity index (χ1n) is 20.1. The average molecular weight is 843 g/mol. The van der Waals surface area contributed by atoms with E-state index in [-0.39, 0.29) is 73.2 Å². The molecule has 4 fully saturated rings. The van der Waals surface area contributed by atoms with Crippen molar-refractivity contribution in [3.63, 3.8) is 0 Å². The minimum absolute atomic E-state index is 0.0713. The zero-order valence-electron chi connectivity index (χ0n) is 33.2. The lowest BCUT2D eigenvalue weighted by molar-refractivity contribution is -0.128. The third kappa shape index (κ3) is 7.33. The molecule has 8 atom stereocenters. The molecule has 58 heavy (non-hydrogen) atoms. The number of sulfonamides is 2. The number of carbonyl (C=O) groups excluding carboxylic acids is 2. The highest BCUT2D eigenvalue weighted by atomic mass is 32.2. The summed E-state index contributed by atoms with van der Waals surface area (Å²) in [5, 5.41) is 26.1. The highest BCUT2D eigenvalue weighted by Crippen LogP contribution is 2.52. The smallest absolute Gasteiger partial charge is 0.258 e. The van der Waals surface area contributed by atoms with E-state index in [0.29, 0.717) is 22.5 Å². The normalized spacial score (nSPS) is 29.6. The van der Waals surface area contributed by atoms with Crippen molar-refractivity contribution < 1.29 is 36.6 Å². The van der Waals surface area contributed by atoms with E-state index < -0.39 is 56.0 Å². The number of aliphatic hydroxyl groups excluding tert-OH is 2. The fourth-order valence-electron chi connectivity index (χ4n) is 9.95. The molecule has 316 valence electrons. The third-order valence-corrected chi connectivity index (χ3v) is 15.4. The fourth-order valence-corrected chi connectivity index (χ4v) is 12.6. The summed E-state index contributed by atoms with van der Waals surface area (Å²) in [7, 11) is -7.52. The Kier molecular flexibility index (Phi) is 11.8. The van der Waals surface area contributed by atoms with Gasteiger partial charge in [0.05, 0.1) is 24.6 Å². The number of hydrogen-bond acceptors (Lipinski definition) is 10. The second-order valence-corrected chi connectivity index (χ2v) is 20.3. The van der Waals surface area contributed by atoms with Gasteiger partial charge in [0.25, 0.3) is 11.1 Å². The zero-order chi connectivity index (χ0) is 41.8. The van der Waals surface area contributed by atoms with Gasteiger partial charge in [-0.2, -0.15) is 8.61 Å². The van der Waals surface area contributed by atoms with Crippen molar-refractivity contribution in [3.8, 4) is 0 Å². The van der Waals surface area contributed by atoms with Gasteiger partial charge in [-0.05, 0) is 76.6 Å². The Labute approximate surface area is 338 Å². The van der Waals surface area contributed by atoms with Gasteiger partial charge in [0.15, 0.2) is 0 Å². The molecule has 8 rings (SSSR count). The first-order valence-corrected chi connectivity index (χ1v) is 23.8. The summed E-state index contributed by atoms with van der Waals surface area (Å²) >= 11 is 0.